The van der Waals surface area contributed by atoms with E-state index in [0.717, 1.165) is 68.9 Å². The van der Waals surface area contributed by atoms with E-state index in [4.69, 9.17) is 4.74 Å². The van der Waals surface area contributed by atoms with Gasteiger partial charge < -0.3 is 14.5 Å². The van der Waals surface area contributed by atoms with Crippen molar-refractivity contribution >= 4 is 27.5 Å². The lowest BCUT2D eigenvalue weighted by Gasteiger charge is -2.39. The fourth-order valence-electron chi connectivity index (χ4n) is 4.47. The minimum absolute atomic E-state index is 0.177. The maximum Gasteiger partial charge on any atom is 0.225 e. The zero-order valence-corrected chi connectivity index (χ0v) is 19.2. The number of piperidine rings is 1. The second kappa shape index (κ2) is 9.84. The summed E-state index contributed by atoms with van der Waals surface area (Å²) in [6.45, 7) is 6.34. The number of hydrogen-bond donors (Lipinski definition) is 0. The summed E-state index contributed by atoms with van der Waals surface area (Å²) in [6, 6.07) is 16.7. The van der Waals surface area contributed by atoms with Crippen LogP contribution in [-0.4, -0.2) is 62.1 Å². The zero-order valence-electron chi connectivity index (χ0n) is 17.6. The van der Waals surface area contributed by atoms with Gasteiger partial charge in [-0.25, -0.2) is 0 Å². The second-order valence-corrected chi connectivity index (χ2v) is 9.11. The van der Waals surface area contributed by atoms with E-state index in [1.165, 1.54) is 11.3 Å². The lowest BCUT2D eigenvalue weighted by molar-refractivity contribution is -0.137. The van der Waals surface area contributed by atoms with E-state index in [1.807, 2.05) is 12.1 Å². The van der Waals surface area contributed by atoms with Crippen molar-refractivity contribution < 1.29 is 9.53 Å². The molecule has 2 aliphatic rings. The maximum atomic E-state index is 13.1. The number of benzene rings is 2. The summed E-state index contributed by atoms with van der Waals surface area (Å²) < 4.78 is 6.37. The molecule has 6 heteroatoms. The zero-order chi connectivity index (χ0) is 20.9. The molecule has 1 amide bonds. The average molecular weight is 472 g/mol. The molecule has 0 atom stereocenters. The quantitative estimate of drug-likeness (QED) is 0.659. The first-order chi connectivity index (χ1) is 14.6. The highest BCUT2D eigenvalue weighted by Gasteiger charge is 2.30. The highest BCUT2D eigenvalue weighted by molar-refractivity contribution is 9.10. The van der Waals surface area contributed by atoms with Crippen molar-refractivity contribution in [3.8, 4) is 5.75 Å². The summed E-state index contributed by atoms with van der Waals surface area (Å²) in [7, 11) is 1.69. The highest BCUT2D eigenvalue weighted by Crippen LogP contribution is 2.24. The number of piperazine rings is 1. The molecule has 0 saturated carbocycles. The molecule has 2 fully saturated rings. The van der Waals surface area contributed by atoms with Crippen LogP contribution in [0.15, 0.2) is 53.0 Å². The van der Waals surface area contributed by atoms with E-state index < -0.39 is 0 Å². The molecular weight excluding hydrogens is 442 g/mol. The first kappa shape index (κ1) is 21.2. The van der Waals surface area contributed by atoms with Crippen LogP contribution in [-0.2, 0) is 11.3 Å². The Labute approximate surface area is 187 Å². The van der Waals surface area contributed by atoms with Gasteiger partial charge in [-0.3, -0.25) is 9.69 Å². The number of carbonyl (C=O) groups excluding carboxylic acids is 1. The van der Waals surface area contributed by atoms with Crippen LogP contribution >= 0.6 is 15.9 Å². The monoisotopic (exact) mass is 471 g/mol. The molecule has 30 heavy (non-hydrogen) atoms. The van der Waals surface area contributed by atoms with Crippen molar-refractivity contribution in [1.82, 2.24) is 9.80 Å². The van der Waals surface area contributed by atoms with Crippen LogP contribution in [0.2, 0.25) is 0 Å². The number of rotatable bonds is 5. The topological polar surface area (TPSA) is 36.0 Å². The van der Waals surface area contributed by atoms with Crippen molar-refractivity contribution in [2.75, 3.05) is 51.3 Å². The number of hydrogen-bond acceptors (Lipinski definition) is 4. The first-order valence-corrected chi connectivity index (χ1v) is 11.6. The van der Waals surface area contributed by atoms with Gasteiger partial charge in [0.1, 0.15) is 5.75 Å². The smallest absolute Gasteiger partial charge is 0.225 e. The molecule has 0 N–H and O–H groups in total. The van der Waals surface area contributed by atoms with Gasteiger partial charge in [-0.05, 0) is 67.9 Å². The molecular formula is C24H30BrN3O2. The Morgan fingerprint density at radius 3 is 2.33 bits per heavy atom. The molecule has 160 valence electrons. The Hall–Kier alpha value is -2.05. The summed E-state index contributed by atoms with van der Waals surface area (Å²) in [5.41, 5.74) is 2.52. The van der Waals surface area contributed by atoms with Crippen LogP contribution in [0.3, 0.4) is 0 Å². The molecule has 2 aromatic carbocycles. The van der Waals surface area contributed by atoms with Crippen LogP contribution in [0.1, 0.15) is 18.4 Å². The first-order valence-electron chi connectivity index (χ1n) is 10.8. The number of ether oxygens (including phenoxy) is 1. The minimum atomic E-state index is 0.177. The van der Waals surface area contributed by atoms with E-state index in [2.05, 4.69) is 67.0 Å². The van der Waals surface area contributed by atoms with Gasteiger partial charge in [0, 0.05) is 48.8 Å². The van der Waals surface area contributed by atoms with Crippen LogP contribution in [0.25, 0.3) is 0 Å². The Morgan fingerprint density at radius 2 is 1.70 bits per heavy atom. The number of likely N-dealkylation sites (tertiary alicyclic amines) is 1. The van der Waals surface area contributed by atoms with Crippen molar-refractivity contribution in [2.45, 2.75) is 19.4 Å². The standard InChI is InChI=1S/C24H30BrN3O2/c1-30-23-7-5-22(6-8-23)27-13-15-28(16-14-27)24(29)20-9-11-26(12-10-20)18-19-3-2-4-21(25)17-19/h2-8,17,20H,9-16,18H2,1H3. The van der Waals surface area contributed by atoms with Gasteiger partial charge in [0.15, 0.2) is 0 Å². The van der Waals surface area contributed by atoms with Crippen LogP contribution in [0.4, 0.5) is 5.69 Å². The fourth-order valence-corrected chi connectivity index (χ4v) is 4.91. The number of nitrogens with zero attached hydrogens (tertiary/aromatic N) is 3. The number of anilines is 1. The van der Waals surface area contributed by atoms with E-state index in [1.54, 1.807) is 7.11 Å². The van der Waals surface area contributed by atoms with Gasteiger partial charge in [0.05, 0.1) is 7.11 Å². The summed E-state index contributed by atoms with van der Waals surface area (Å²) in [5.74, 6) is 1.40. The molecule has 0 spiro atoms. The summed E-state index contributed by atoms with van der Waals surface area (Å²) >= 11 is 3.55. The third-order valence-corrected chi connectivity index (χ3v) is 6.75. The molecule has 0 bridgehead atoms. The van der Waals surface area contributed by atoms with Gasteiger partial charge in [-0.15, -0.1) is 0 Å². The third-order valence-electron chi connectivity index (χ3n) is 6.26. The largest absolute Gasteiger partial charge is 0.497 e. The maximum absolute atomic E-state index is 13.1. The van der Waals surface area contributed by atoms with E-state index in [0.29, 0.717) is 5.91 Å². The van der Waals surface area contributed by atoms with Crippen LogP contribution in [0, 0.1) is 5.92 Å². The third kappa shape index (κ3) is 5.16. The lowest BCUT2D eigenvalue weighted by atomic mass is 9.94. The normalized spacial score (nSPS) is 18.5. The van der Waals surface area contributed by atoms with Crippen molar-refractivity contribution in [2.24, 2.45) is 5.92 Å². The predicted octanol–water partition coefficient (Wildman–Crippen LogP) is 4.02. The predicted molar refractivity (Wildman–Crippen MR) is 124 cm³/mol. The molecule has 0 aliphatic carbocycles. The average Bonchev–Trinajstić information content (AvgIpc) is 2.79. The van der Waals surface area contributed by atoms with Crippen molar-refractivity contribution in [3.05, 3.63) is 58.6 Å². The summed E-state index contributed by atoms with van der Waals surface area (Å²) in [4.78, 5) is 20.0. The van der Waals surface area contributed by atoms with E-state index in [-0.39, 0.29) is 5.92 Å². The van der Waals surface area contributed by atoms with Gasteiger partial charge in [0.2, 0.25) is 5.91 Å². The number of carbonyl (C=O) groups is 1. The SMILES string of the molecule is COc1ccc(N2CCN(C(=O)C3CCN(Cc4cccc(Br)c4)CC3)CC2)cc1. The Morgan fingerprint density at radius 1 is 1.00 bits per heavy atom. The molecule has 2 aliphatic heterocycles. The summed E-state index contributed by atoms with van der Waals surface area (Å²) in [5, 5.41) is 0. The minimum Gasteiger partial charge on any atom is -0.497 e. The molecule has 4 rings (SSSR count). The summed E-state index contributed by atoms with van der Waals surface area (Å²) in [6.07, 6.45) is 1.93. The highest BCUT2D eigenvalue weighted by atomic mass is 79.9. The number of halogens is 1. The van der Waals surface area contributed by atoms with Gasteiger partial charge in [-0.1, -0.05) is 28.1 Å². The number of methoxy groups -OCH3 is 1. The van der Waals surface area contributed by atoms with Crippen molar-refractivity contribution in [1.29, 1.82) is 0 Å². The molecule has 2 heterocycles. The van der Waals surface area contributed by atoms with Gasteiger partial charge in [0.25, 0.3) is 0 Å². The second-order valence-electron chi connectivity index (χ2n) is 8.19. The van der Waals surface area contributed by atoms with E-state index in [9.17, 15) is 4.79 Å². The Kier molecular flexibility index (Phi) is 6.95. The molecule has 5 nitrogen and oxygen atoms in total. The lowest BCUT2D eigenvalue weighted by Crippen LogP contribution is -2.51. The molecule has 0 unspecified atom stereocenters. The molecule has 2 saturated heterocycles. The fraction of sp³-hybridized carbons (Fsp3) is 0.458. The van der Waals surface area contributed by atoms with Crippen LogP contribution < -0.4 is 9.64 Å². The van der Waals surface area contributed by atoms with Crippen molar-refractivity contribution in [3.63, 3.8) is 0 Å². The number of amides is 1. The van der Waals surface area contributed by atoms with Crippen LogP contribution in [0.5, 0.6) is 5.75 Å². The van der Waals surface area contributed by atoms with Gasteiger partial charge in [-0.2, -0.15) is 0 Å². The molecule has 2 aromatic rings. The van der Waals surface area contributed by atoms with Gasteiger partial charge >= 0.3 is 0 Å². The Bertz CT molecular complexity index is 842. The molecule has 0 aromatic heterocycles. The molecule has 0 radical (unpaired) electrons. The van der Waals surface area contributed by atoms with E-state index >= 15 is 0 Å². The Balaban J connectivity index is 1.24.